The molecule has 304 valence electrons. The first kappa shape index (κ1) is 46.8. The third-order valence-corrected chi connectivity index (χ3v) is 9.10. The summed E-state index contributed by atoms with van der Waals surface area (Å²) in [5, 5.41) is 9.94. The van der Waals surface area contributed by atoms with E-state index in [1.165, 1.54) is 6.42 Å². The molecule has 0 spiro atoms. The molecule has 2 aromatic carbocycles. The quantitative estimate of drug-likeness (QED) is 0.0390. The van der Waals surface area contributed by atoms with Crippen LogP contribution in [0.15, 0.2) is 91.1 Å². The van der Waals surface area contributed by atoms with Crippen LogP contribution in [-0.2, 0) is 25.9 Å². The molecule has 3 unspecified atom stereocenters. The van der Waals surface area contributed by atoms with Crippen LogP contribution in [0.4, 0.5) is 4.39 Å². The van der Waals surface area contributed by atoms with Crippen LogP contribution in [-0.4, -0.2) is 71.5 Å². The first-order valence-electron chi connectivity index (χ1n) is 19.5. The fraction of sp³-hybridized carbons (Fsp3) is 0.432. The van der Waals surface area contributed by atoms with Crippen molar-refractivity contribution in [3.63, 3.8) is 0 Å². The molecule has 1 aromatic heterocycles. The lowest BCUT2D eigenvalue weighted by Crippen LogP contribution is -2.48. The Hall–Kier alpha value is -5.36. The van der Waals surface area contributed by atoms with Crippen LogP contribution < -0.4 is 21.7 Å². The summed E-state index contributed by atoms with van der Waals surface area (Å²) in [5.74, 6) is -0.876. The maximum Gasteiger partial charge on any atom is 0.243 e. The van der Waals surface area contributed by atoms with Gasteiger partial charge in [0.05, 0.1) is 18.3 Å². The third-order valence-electron chi connectivity index (χ3n) is 9.10. The topological polar surface area (TPSA) is 166 Å². The summed E-state index contributed by atoms with van der Waals surface area (Å²) in [4.78, 5) is 65.2. The molecule has 2 heterocycles. The van der Waals surface area contributed by atoms with Crippen molar-refractivity contribution in [3.8, 4) is 0 Å². The summed E-state index contributed by atoms with van der Waals surface area (Å²) >= 11 is 0. The van der Waals surface area contributed by atoms with Gasteiger partial charge in [0, 0.05) is 29.8 Å². The Kier molecular flexibility index (Phi) is 21.4. The molecule has 1 saturated heterocycles. The number of aromatic amines is 1. The molecule has 0 bridgehead atoms. The number of nitrogens with two attached hydrogens (primary N) is 1. The number of alkyl halides is 1. The van der Waals surface area contributed by atoms with Gasteiger partial charge < -0.3 is 31.6 Å². The molecule has 1 aliphatic rings. The van der Waals surface area contributed by atoms with Crippen LogP contribution in [0.5, 0.6) is 0 Å². The van der Waals surface area contributed by atoms with Gasteiger partial charge in [-0.1, -0.05) is 101 Å². The highest BCUT2D eigenvalue weighted by Gasteiger charge is 2.36. The second-order valence-electron chi connectivity index (χ2n) is 13.8. The summed E-state index contributed by atoms with van der Waals surface area (Å²) < 4.78 is 13.0. The number of allylic oxidation sites excluding steroid dienone is 3. The summed E-state index contributed by atoms with van der Waals surface area (Å²) in [6, 6.07) is 15.4. The van der Waals surface area contributed by atoms with Crippen molar-refractivity contribution in [1.82, 2.24) is 25.8 Å². The lowest BCUT2D eigenvalue weighted by atomic mass is 9.97. The number of carbonyl (C=O) groups is 5. The zero-order valence-electron chi connectivity index (χ0n) is 33.6. The van der Waals surface area contributed by atoms with E-state index in [0.717, 1.165) is 28.4 Å². The maximum atomic E-state index is 13.1. The van der Waals surface area contributed by atoms with E-state index in [1.54, 1.807) is 48.2 Å². The van der Waals surface area contributed by atoms with Gasteiger partial charge >= 0.3 is 0 Å². The molecule has 12 heteroatoms. The molecule has 6 N–H and O–H groups in total. The number of carbonyl (C=O) groups excluding carboxylic acids is 5. The van der Waals surface area contributed by atoms with Crippen molar-refractivity contribution >= 4 is 40.8 Å². The molecule has 1 aliphatic heterocycles. The van der Waals surface area contributed by atoms with Crippen LogP contribution in [0.3, 0.4) is 0 Å². The molecule has 0 saturated carbocycles. The van der Waals surface area contributed by atoms with Crippen molar-refractivity contribution in [2.24, 2.45) is 11.7 Å². The SMILES string of the molecule is C=C/C=C\C(=C/C)C(NC(=O)CNC(=O)C1CC[C@H](CCNCC(C)CC(=O)c2cc3cc(CF)ccc3[nH]2)N1C=O)c1ccccc1.CCC.CCC(N)=O. The summed E-state index contributed by atoms with van der Waals surface area (Å²) in [6.45, 7) is 14.1. The van der Waals surface area contributed by atoms with E-state index in [9.17, 15) is 28.4 Å². The predicted molar refractivity (Wildman–Crippen MR) is 222 cm³/mol. The van der Waals surface area contributed by atoms with E-state index in [4.69, 9.17) is 0 Å². The number of amides is 4. The number of rotatable bonds is 19. The fourth-order valence-electron chi connectivity index (χ4n) is 6.19. The van der Waals surface area contributed by atoms with Crippen molar-refractivity contribution in [2.45, 2.75) is 97.9 Å². The molecule has 0 aliphatic carbocycles. The van der Waals surface area contributed by atoms with Gasteiger partial charge in [0.1, 0.15) is 12.7 Å². The van der Waals surface area contributed by atoms with E-state index in [2.05, 4.69) is 47.1 Å². The summed E-state index contributed by atoms with van der Waals surface area (Å²) in [5.41, 5.74) is 8.33. The Morgan fingerprint density at radius 3 is 2.38 bits per heavy atom. The van der Waals surface area contributed by atoms with E-state index >= 15 is 0 Å². The number of halogens is 1. The van der Waals surface area contributed by atoms with Crippen molar-refractivity contribution < 1.29 is 28.4 Å². The minimum atomic E-state index is -0.638. The number of nitrogens with one attached hydrogen (secondary N) is 4. The number of fused-ring (bicyclic) bond motifs is 1. The standard InChI is InChI=1S/C38H46FN5O4.C3H7NO.C3H8/c1-4-6-10-28(5-2)37(29-11-8-7-9-12-29)43-36(47)24-41-38(48)34-16-14-31(44(34)25-45)17-18-40-23-26(3)19-35(46)33-21-30-20-27(22-39)13-15-32(30)42-33;1-2-3(4)5;1-3-2/h4-13,15,20-21,25-26,31,34,37,40,42H,1,14,16-19,22-24H2,2-3H3,(H,41,48)(H,43,47);2H2,1H3,(H2,4,5);3H2,1-2H3/b10-6-,28-5+;;/t26?,31-,34?,37?;;/m1../s1. The van der Waals surface area contributed by atoms with Crippen LogP contribution in [0.1, 0.15) is 101 Å². The number of likely N-dealkylation sites (tertiary alicyclic amines) is 1. The van der Waals surface area contributed by atoms with Gasteiger partial charge in [-0.3, -0.25) is 24.0 Å². The van der Waals surface area contributed by atoms with Gasteiger partial charge in [0.25, 0.3) is 0 Å². The number of hydrogen-bond acceptors (Lipinski definition) is 6. The lowest BCUT2D eigenvalue weighted by Gasteiger charge is -2.26. The zero-order valence-corrected chi connectivity index (χ0v) is 33.6. The van der Waals surface area contributed by atoms with E-state index in [0.29, 0.717) is 56.5 Å². The Morgan fingerprint density at radius 1 is 1.07 bits per heavy atom. The molecule has 56 heavy (non-hydrogen) atoms. The van der Waals surface area contributed by atoms with Crippen LogP contribution >= 0.6 is 0 Å². The summed E-state index contributed by atoms with van der Waals surface area (Å²) in [7, 11) is 0. The van der Waals surface area contributed by atoms with Gasteiger partial charge in [-0.2, -0.15) is 0 Å². The van der Waals surface area contributed by atoms with Crippen LogP contribution in [0.25, 0.3) is 10.9 Å². The lowest BCUT2D eigenvalue weighted by molar-refractivity contribution is -0.133. The molecule has 1 fully saturated rings. The Morgan fingerprint density at radius 2 is 1.77 bits per heavy atom. The maximum absolute atomic E-state index is 13.1. The number of benzene rings is 2. The van der Waals surface area contributed by atoms with Gasteiger partial charge in [-0.25, -0.2) is 4.39 Å². The van der Waals surface area contributed by atoms with Crippen LogP contribution in [0, 0.1) is 5.92 Å². The minimum absolute atomic E-state index is 0.00450. The Bertz CT molecular complexity index is 1770. The van der Waals surface area contributed by atoms with Crippen molar-refractivity contribution in [3.05, 3.63) is 108 Å². The number of ketones is 1. The smallest absolute Gasteiger partial charge is 0.243 e. The first-order valence-corrected chi connectivity index (χ1v) is 19.5. The monoisotopic (exact) mass is 772 g/mol. The molecular formula is C44H61FN6O5. The molecule has 4 amide bonds. The molecule has 4 rings (SSSR count). The predicted octanol–water partition coefficient (Wildman–Crippen LogP) is 6.78. The highest BCUT2D eigenvalue weighted by Crippen LogP contribution is 2.26. The fourth-order valence-corrected chi connectivity index (χ4v) is 6.19. The Labute approximate surface area is 331 Å². The molecule has 11 nitrogen and oxygen atoms in total. The largest absolute Gasteiger partial charge is 0.370 e. The number of Topliss-reactive ketones (excluding diaryl/α,β-unsaturated/α-hetero) is 1. The molecular weight excluding hydrogens is 712 g/mol. The number of aromatic nitrogens is 1. The summed E-state index contributed by atoms with van der Waals surface area (Å²) in [6.07, 6.45) is 11.9. The van der Waals surface area contributed by atoms with Crippen molar-refractivity contribution in [2.75, 3.05) is 19.6 Å². The average molecular weight is 773 g/mol. The number of H-pyrrole nitrogens is 1. The van der Waals surface area contributed by atoms with E-state index in [-0.39, 0.29) is 42.0 Å². The number of primary amides is 1. The van der Waals surface area contributed by atoms with Gasteiger partial charge in [0.15, 0.2) is 5.78 Å². The van der Waals surface area contributed by atoms with E-state index < -0.39 is 18.8 Å². The van der Waals surface area contributed by atoms with Crippen LogP contribution in [0.2, 0.25) is 0 Å². The number of hydrogen-bond donors (Lipinski definition) is 5. The van der Waals surface area contributed by atoms with Gasteiger partial charge in [0.2, 0.25) is 24.1 Å². The van der Waals surface area contributed by atoms with Crippen molar-refractivity contribution in [1.29, 1.82) is 0 Å². The third kappa shape index (κ3) is 15.4. The highest BCUT2D eigenvalue weighted by molar-refractivity contribution is 5.99. The second kappa shape index (κ2) is 25.7. The first-order chi connectivity index (χ1) is 27.0. The normalized spacial score (nSPS) is 16.2. The second-order valence-corrected chi connectivity index (χ2v) is 13.8. The van der Waals surface area contributed by atoms with Gasteiger partial charge in [-0.15, -0.1) is 0 Å². The minimum Gasteiger partial charge on any atom is -0.370 e. The molecule has 4 atom stereocenters. The molecule has 0 radical (unpaired) electrons. The van der Waals surface area contributed by atoms with Gasteiger partial charge in [-0.05, 0) is 80.1 Å². The average Bonchev–Trinajstić information content (AvgIpc) is 3.83. The number of nitrogens with zero attached hydrogens (tertiary/aromatic N) is 1. The zero-order chi connectivity index (χ0) is 41.5. The molecule has 3 aromatic rings. The highest BCUT2D eigenvalue weighted by atomic mass is 19.1. The Balaban J connectivity index is 0.00000123. The van der Waals surface area contributed by atoms with E-state index in [1.807, 2.05) is 56.3 Å².